The molecule has 0 radical (unpaired) electrons. The van der Waals surface area contributed by atoms with Crippen LogP contribution in [0.15, 0.2) is 67.3 Å². The molecular weight excluding hydrogens is 298 g/mol. The SMILES string of the molecule is C=CCOc1ccc(/C=C/c2ccc3ccccc3n2)cc1OC. The van der Waals surface area contributed by atoms with E-state index in [0.29, 0.717) is 18.1 Å². The van der Waals surface area contributed by atoms with Crippen molar-refractivity contribution in [1.82, 2.24) is 4.98 Å². The van der Waals surface area contributed by atoms with Gasteiger partial charge in [0.05, 0.1) is 18.3 Å². The van der Waals surface area contributed by atoms with Gasteiger partial charge in [0.15, 0.2) is 11.5 Å². The Bertz CT molecular complexity index is 884. The van der Waals surface area contributed by atoms with E-state index in [0.717, 1.165) is 22.2 Å². The van der Waals surface area contributed by atoms with Crippen LogP contribution in [0, 0.1) is 0 Å². The Morgan fingerprint density at radius 3 is 2.71 bits per heavy atom. The lowest BCUT2D eigenvalue weighted by Crippen LogP contribution is -1.96. The van der Waals surface area contributed by atoms with Crippen LogP contribution in [-0.4, -0.2) is 18.7 Å². The van der Waals surface area contributed by atoms with Gasteiger partial charge >= 0.3 is 0 Å². The first-order valence-electron chi connectivity index (χ1n) is 7.76. The van der Waals surface area contributed by atoms with Crippen LogP contribution < -0.4 is 9.47 Å². The summed E-state index contributed by atoms with van der Waals surface area (Å²) in [5, 5.41) is 1.14. The smallest absolute Gasteiger partial charge is 0.161 e. The van der Waals surface area contributed by atoms with Gasteiger partial charge in [-0.25, -0.2) is 4.98 Å². The predicted molar refractivity (Wildman–Crippen MR) is 99.4 cm³/mol. The Balaban J connectivity index is 1.83. The van der Waals surface area contributed by atoms with Crippen molar-refractivity contribution >= 4 is 23.1 Å². The molecule has 0 saturated heterocycles. The van der Waals surface area contributed by atoms with Gasteiger partial charge in [-0.15, -0.1) is 0 Å². The molecule has 0 aliphatic carbocycles. The zero-order valence-corrected chi connectivity index (χ0v) is 13.6. The third-order valence-corrected chi connectivity index (χ3v) is 3.61. The first-order chi connectivity index (χ1) is 11.8. The monoisotopic (exact) mass is 317 g/mol. The second kappa shape index (κ2) is 7.47. The zero-order valence-electron chi connectivity index (χ0n) is 13.6. The Kier molecular flexibility index (Phi) is 4.92. The van der Waals surface area contributed by atoms with Crippen molar-refractivity contribution in [2.24, 2.45) is 0 Å². The van der Waals surface area contributed by atoms with Gasteiger partial charge in [0.25, 0.3) is 0 Å². The molecule has 0 aliphatic heterocycles. The summed E-state index contributed by atoms with van der Waals surface area (Å²) in [6, 6.07) is 18.0. The third kappa shape index (κ3) is 3.63. The zero-order chi connectivity index (χ0) is 16.8. The number of hydrogen-bond acceptors (Lipinski definition) is 3. The molecule has 24 heavy (non-hydrogen) atoms. The fraction of sp³-hybridized carbons (Fsp3) is 0.0952. The molecule has 0 unspecified atom stereocenters. The number of methoxy groups -OCH3 is 1. The summed E-state index contributed by atoms with van der Waals surface area (Å²) in [6.45, 7) is 4.10. The van der Waals surface area contributed by atoms with Crippen LogP contribution in [0.25, 0.3) is 23.1 Å². The van der Waals surface area contributed by atoms with E-state index in [4.69, 9.17) is 9.47 Å². The lowest BCUT2D eigenvalue weighted by molar-refractivity contribution is 0.326. The van der Waals surface area contributed by atoms with Crippen LogP contribution in [0.1, 0.15) is 11.3 Å². The fourth-order valence-corrected chi connectivity index (χ4v) is 2.41. The number of fused-ring (bicyclic) bond motifs is 1. The maximum atomic E-state index is 5.56. The summed E-state index contributed by atoms with van der Waals surface area (Å²) in [5.41, 5.74) is 2.93. The molecule has 120 valence electrons. The van der Waals surface area contributed by atoms with E-state index in [1.54, 1.807) is 13.2 Å². The Labute approximate surface area is 141 Å². The summed E-state index contributed by atoms with van der Waals surface area (Å²) >= 11 is 0. The molecule has 1 heterocycles. The van der Waals surface area contributed by atoms with Crippen molar-refractivity contribution in [3.63, 3.8) is 0 Å². The van der Waals surface area contributed by atoms with Gasteiger partial charge < -0.3 is 9.47 Å². The average Bonchev–Trinajstić information content (AvgIpc) is 2.64. The van der Waals surface area contributed by atoms with Crippen LogP contribution in [0.2, 0.25) is 0 Å². The summed E-state index contributed by atoms with van der Waals surface area (Å²) in [5.74, 6) is 1.41. The molecule has 0 saturated carbocycles. The third-order valence-electron chi connectivity index (χ3n) is 3.61. The van der Waals surface area contributed by atoms with Crippen molar-refractivity contribution in [2.45, 2.75) is 0 Å². The van der Waals surface area contributed by atoms with Crippen LogP contribution >= 0.6 is 0 Å². The van der Waals surface area contributed by atoms with E-state index in [1.165, 1.54) is 0 Å². The molecule has 3 rings (SSSR count). The van der Waals surface area contributed by atoms with Crippen LogP contribution in [0.4, 0.5) is 0 Å². The van der Waals surface area contributed by atoms with E-state index in [2.05, 4.69) is 23.7 Å². The molecule has 0 bridgehead atoms. The molecule has 3 heteroatoms. The maximum Gasteiger partial charge on any atom is 0.161 e. The highest BCUT2D eigenvalue weighted by molar-refractivity contribution is 5.80. The highest BCUT2D eigenvalue weighted by atomic mass is 16.5. The van der Waals surface area contributed by atoms with E-state index in [-0.39, 0.29) is 0 Å². The minimum Gasteiger partial charge on any atom is -0.493 e. The van der Waals surface area contributed by atoms with E-state index in [9.17, 15) is 0 Å². The molecule has 0 fully saturated rings. The van der Waals surface area contributed by atoms with Crippen LogP contribution in [0.3, 0.4) is 0 Å². The summed E-state index contributed by atoms with van der Waals surface area (Å²) in [6.07, 6.45) is 5.71. The number of benzene rings is 2. The number of para-hydroxylation sites is 1. The molecule has 0 N–H and O–H groups in total. The second-order valence-electron chi connectivity index (χ2n) is 5.27. The second-order valence-corrected chi connectivity index (χ2v) is 5.27. The van der Waals surface area contributed by atoms with Crippen molar-refractivity contribution in [1.29, 1.82) is 0 Å². The van der Waals surface area contributed by atoms with Crippen LogP contribution in [-0.2, 0) is 0 Å². The van der Waals surface area contributed by atoms with Gasteiger partial charge in [-0.1, -0.05) is 49.1 Å². The first kappa shape index (κ1) is 15.8. The standard InChI is InChI=1S/C21H19NO2/c1-3-14-24-20-13-9-16(15-21(20)23-2)8-11-18-12-10-17-6-4-5-7-19(17)22-18/h3-13,15H,1,14H2,2H3/b11-8+. The minimum absolute atomic E-state index is 0.451. The summed E-state index contributed by atoms with van der Waals surface area (Å²) in [4.78, 5) is 4.64. The molecular formula is C21H19NO2. The molecule has 0 aliphatic rings. The largest absolute Gasteiger partial charge is 0.493 e. The van der Waals surface area contributed by atoms with Gasteiger partial charge in [0, 0.05) is 5.39 Å². The highest BCUT2D eigenvalue weighted by Gasteiger charge is 2.04. The van der Waals surface area contributed by atoms with E-state index in [1.807, 2.05) is 54.6 Å². The molecule has 3 nitrogen and oxygen atoms in total. The number of pyridine rings is 1. The summed E-state index contributed by atoms with van der Waals surface area (Å²) in [7, 11) is 1.63. The van der Waals surface area contributed by atoms with Crippen molar-refractivity contribution in [3.05, 3.63) is 78.5 Å². The van der Waals surface area contributed by atoms with Gasteiger partial charge in [-0.05, 0) is 35.9 Å². The molecule has 3 aromatic rings. The number of hydrogen-bond donors (Lipinski definition) is 0. The number of nitrogens with zero attached hydrogens (tertiary/aromatic N) is 1. The summed E-state index contributed by atoms with van der Waals surface area (Å²) < 4.78 is 10.9. The first-order valence-corrected chi connectivity index (χ1v) is 7.76. The van der Waals surface area contributed by atoms with Gasteiger partial charge in [0.2, 0.25) is 0 Å². The van der Waals surface area contributed by atoms with Gasteiger partial charge in [-0.2, -0.15) is 0 Å². The molecule has 2 aromatic carbocycles. The minimum atomic E-state index is 0.451. The van der Waals surface area contributed by atoms with Crippen molar-refractivity contribution < 1.29 is 9.47 Å². The van der Waals surface area contributed by atoms with Crippen LogP contribution in [0.5, 0.6) is 11.5 Å². The van der Waals surface area contributed by atoms with E-state index >= 15 is 0 Å². The molecule has 0 amide bonds. The number of rotatable bonds is 6. The topological polar surface area (TPSA) is 31.4 Å². The normalized spacial score (nSPS) is 10.9. The molecule has 0 atom stereocenters. The quantitative estimate of drug-likeness (QED) is 0.601. The number of ether oxygens (including phenoxy) is 2. The maximum absolute atomic E-state index is 5.56. The molecule has 1 aromatic heterocycles. The predicted octanol–water partition coefficient (Wildman–Crippen LogP) is 4.98. The van der Waals surface area contributed by atoms with Gasteiger partial charge in [-0.3, -0.25) is 0 Å². The lowest BCUT2D eigenvalue weighted by atomic mass is 10.1. The number of aromatic nitrogens is 1. The van der Waals surface area contributed by atoms with Crippen molar-refractivity contribution in [3.8, 4) is 11.5 Å². The Morgan fingerprint density at radius 1 is 1.00 bits per heavy atom. The van der Waals surface area contributed by atoms with Crippen molar-refractivity contribution in [2.75, 3.05) is 13.7 Å². The Hall–Kier alpha value is -3.07. The average molecular weight is 317 g/mol. The highest BCUT2D eigenvalue weighted by Crippen LogP contribution is 2.28. The Morgan fingerprint density at radius 2 is 1.88 bits per heavy atom. The molecule has 0 spiro atoms. The van der Waals surface area contributed by atoms with E-state index < -0.39 is 0 Å². The lowest BCUT2D eigenvalue weighted by Gasteiger charge is -2.09. The fourth-order valence-electron chi connectivity index (χ4n) is 2.41. The van der Waals surface area contributed by atoms with Gasteiger partial charge in [0.1, 0.15) is 6.61 Å².